The molecule has 0 bridgehead atoms. The number of piperidine rings is 1. The number of allylic oxidation sites excluding steroid dienone is 4. The molecule has 8 nitrogen and oxygen atoms in total. The number of hydrogen-bond donors (Lipinski definition) is 0. The van der Waals surface area contributed by atoms with Gasteiger partial charge in [0.2, 0.25) is 0 Å². The summed E-state index contributed by atoms with van der Waals surface area (Å²) < 4.78 is 3.15. The van der Waals surface area contributed by atoms with Crippen molar-refractivity contribution < 1.29 is 4.79 Å². The number of fused-ring (bicyclic) bond motifs is 1. The van der Waals surface area contributed by atoms with Crippen LogP contribution < -0.4 is 5.56 Å². The third-order valence-corrected chi connectivity index (χ3v) is 5.84. The van der Waals surface area contributed by atoms with Gasteiger partial charge in [-0.25, -0.2) is 9.36 Å². The average Bonchev–Trinajstić information content (AvgIpc) is 3.47. The minimum atomic E-state index is -0.120. The Morgan fingerprint density at radius 3 is 2.83 bits per heavy atom. The standard InChI is InChI=1S/C22H22N6O2/c29-21-6-5-20(27-12-2-10-24-27)25-28(21)15-16-8-13-26(14-9-16)22(30)18-3-1-4-19-17(18)7-11-23-19/h1-2,4-7,10-12,16H,3,8-9,13-15H2. The highest BCUT2D eigenvalue weighted by Crippen LogP contribution is 2.27. The van der Waals surface area contributed by atoms with Crippen LogP contribution in [-0.2, 0) is 11.3 Å². The Labute approximate surface area is 173 Å². The van der Waals surface area contributed by atoms with E-state index in [4.69, 9.17) is 0 Å². The summed E-state index contributed by atoms with van der Waals surface area (Å²) in [6.45, 7) is 1.92. The van der Waals surface area contributed by atoms with Crippen molar-refractivity contribution in [3.8, 4) is 5.82 Å². The number of nitrogens with zero attached hydrogens (tertiary/aromatic N) is 6. The van der Waals surface area contributed by atoms with Crippen molar-refractivity contribution >= 4 is 11.6 Å². The minimum Gasteiger partial charge on any atom is -0.339 e. The van der Waals surface area contributed by atoms with Crippen LogP contribution in [0.3, 0.4) is 0 Å². The number of carbonyl (C=O) groups is 1. The molecule has 0 atom stereocenters. The summed E-state index contributed by atoms with van der Waals surface area (Å²) in [5, 5.41) is 8.63. The summed E-state index contributed by atoms with van der Waals surface area (Å²) in [4.78, 5) is 31.6. The molecular formula is C22H22N6O2. The normalized spacial score (nSPS) is 18.7. The average molecular weight is 402 g/mol. The summed E-state index contributed by atoms with van der Waals surface area (Å²) in [5.74, 6) is 1.02. The van der Waals surface area contributed by atoms with Crippen molar-refractivity contribution in [1.82, 2.24) is 24.5 Å². The third kappa shape index (κ3) is 3.45. The van der Waals surface area contributed by atoms with Gasteiger partial charge in [0.1, 0.15) is 0 Å². The zero-order valence-electron chi connectivity index (χ0n) is 16.5. The summed E-state index contributed by atoms with van der Waals surface area (Å²) in [6, 6.07) is 5.02. The van der Waals surface area contributed by atoms with Crippen LogP contribution in [0.15, 0.2) is 76.0 Å². The topological polar surface area (TPSA) is 85.4 Å². The van der Waals surface area contributed by atoms with Crippen LogP contribution in [0.25, 0.3) is 5.82 Å². The molecule has 0 aromatic carbocycles. The highest BCUT2D eigenvalue weighted by molar-refractivity contribution is 6.18. The number of rotatable bonds is 4. The van der Waals surface area contributed by atoms with Crippen LogP contribution in [0.1, 0.15) is 19.3 Å². The lowest BCUT2D eigenvalue weighted by Gasteiger charge is -2.33. The molecule has 0 unspecified atom stereocenters. The third-order valence-electron chi connectivity index (χ3n) is 5.84. The van der Waals surface area contributed by atoms with E-state index in [9.17, 15) is 9.59 Å². The lowest BCUT2D eigenvalue weighted by atomic mass is 9.92. The quantitative estimate of drug-likeness (QED) is 0.782. The minimum absolute atomic E-state index is 0.100. The molecule has 0 spiro atoms. The number of aromatic nitrogens is 4. The predicted molar refractivity (Wildman–Crippen MR) is 112 cm³/mol. The first-order valence-electron chi connectivity index (χ1n) is 10.2. The molecular weight excluding hydrogens is 380 g/mol. The lowest BCUT2D eigenvalue weighted by Crippen LogP contribution is -2.41. The van der Waals surface area contributed by atoms with Crippen LogP contribution in [-0.4, -0.2) is 49.2 Å². The van der Waals surface area contributed by atoms with Crippen molar-refractivity contribution in [2.45, 2.75) is 25.8 Å². The Morgan fingerprint density at radius 2 is 2.03 bits per heavy atom. The smallest absolute Gasteiger partial charge is 0.266 e. The second-order valence-corrected chi connectivity index (χ2v) is 7.73. The molecule has 0 radical (unpaired) electrons. The second kappa shape index (κ2) is 7.70. The van der Waals surface area contributed by atoms with Crippen LogP contribution in [0.5, 0.6) is 0 Å². The van der Waals surface area contributed by atoms with Crippen molar-refractivity contribution in [3.05, 3.63) is 76.5 Å². The Morgan fingerprint density at radius 1 is 1.17 bits per heavy atom. The number of carbonyl (C=O) groups excluding carboxylic acids is 1. The molecule has 2 aromatic rings. The van der Waals surface area contributed by atoms with E-state index in [1.54, 1.807) is 29.3 Å². The molecule has 1 saturated heterocycles. The zero-order chi connectivity index (χ0) is 20.5. The number of aliphatic imine (C=N–C) groups is 1. The fourth-order valence-corrected chi connectivity index (χ4v) is 4.19. The first kappa shape index (κ1) is 18.5. The second-order valence-electron chi connectivity index (χ2n) is 7.73. The summed E-state index contributed by atoms with van der Waals surface area (Å²) in [6.07, 6.45) is 13.5. The van der Waals surface area contributed by atoms with Crippen LogP contribution in [0.4, 0.5) is 0 Å². The van der Waals surface area contributed by atoms with Crippen molar-refractivity contribution in [1.29, 1.82) is 0 Å². The van der Waals surface area contributed by atoms with Crippen molar-refractivity contribution in [2.24, 2.45) is 10.9 Å². The van der Waals surface area contributed by atoms with Crippen LogP contribution in [0, 0.1) is 5.92 Å². The highest BCUT2D eigenvalue weighted by Gasteiger charge is 2.28. The van der Waals surface area contributed by atoms with Gasteiger partial charge in [-0.15, -0.1) is 5.10 Å². The van der Waals surface area contributed by atoms with Gasteiger partial charge in [0, 0.05) is 55.4 Å². The Kier molecular flexibility index (Phi) is 4.74. The monoisotopic (exact) mass is 402 g/mol. The maximum atomic E-state index is 13.1. The molecule has 1 fully saturated rings. The maximum Gasteiger partial charge on any atom is 0.266 e. The molecule has 5 rings (SSSR count). The van der Waals surface area contributed by atoms with E-state index in [2.05, 4.69) is 15.2 Å². The predicted octanol–water partition coefficient (Wildman–Crippen LogP) is 1.89. The van der Waals surface area contributed by atoms with Crippen LogP contribution in [0.2, 0.25) is 0 Å². The summed E-state index contributed by atoms with van der Waals surface area (Å²) in [7, 11) is 0. The van der Waals surface area contributed by atoms with Gasteiger partial charge in [0.05, 0.1) is 5.71 Å². The van der Waals surface area contributed by atoms with E-state index in [1.165, 1.54) is 10.7 Å². The van der Waals surface area contributed by atoms with E-state index in [0.717, 1.165) is 29.7 Å². The van der Waals surface area contributed by atoms with Gasteiger partial charge >= 0.3 is 0 Å². The maximum absolute atomic E-state index is 13.1. The van der Waals surface area contributed by atoms with Gasteiger partial charge in [-0.05, 0) is 49.5 Å². The van der Waals surface area contributed by atoms with Gasteiger partial charge in [0.15, 0.2) is 5.82 Å². The van der Waals surface area contributed by atoms with Gasteiger partial charge in [-0.2, -0.15) is 5.10 Å². The molecule has 0 saturated carbocycles. The SMILES string of the molecule is O=C(C1=C2C=CN=C2C=CC1)N1CCC(Cn2nc(-n3cccn3)ccc2=O)CC1. The first-order chi connectivity index (χ1) is 14.7. The van der Waals surface area contributed by atoms with E-state index < -0.39 is 0 Å². The van der Waals surface area contributed by atoms with Crippen molar-refractivity contribution in [2.75, 3.05) is 13.1 Å². The molecule has 152 valence electrons. The van der Waals surface area contributed by atoms with Crippen molar-refractivity contribution in [3.63, 3.8) is 0 Å². The highest BCUT2D eigenvalue weighted by atomic mass is 16.2. The van der Waals surface area contributed by atoms with Gasteiger partial charge < -0.3 is 4.90 Å². The molecule has 30 heavy (non-hydrogen) atoms. The Balaban J connectivity index is 1.24. The number of likely N-dealkylation sites (tertiary alicyclic amines) is 1. The first-order valence-corrected chi connectivity index (χ1v) is 10.2. The molecule has 2 aromatic heterocycles. The van der Waals surface area contributed by atoms with E-state index in [-0.39, 0.29) is 11.5 Å². The van der Waals surface area contributed by atoms with Gasteiger partial charge in [-0.1, -0.05) is 6.08 Å². The fourth-order valence-electron chi connectivity index (χ4n) is 4.19. The number of hydrogen-bond acceptors (Lipinski definition) is 5. The molecule has 2 aliphatic heterocycles. The molecule has 1 amide bonds. The molecule has 0 N–H and O–H groups in total. The van der Waals surface area contributed by atoms with E-state index in [1.807, 2.05) is 29.2 Å². The molecule has 4 heterocycles. The lowest BCUT2D eigenvalue weighted by molar-refractivity contribution is -0.128. The number of amides is 1. The fraction of sp³-hybridized carbons (Fsp3) is 0.318. The van der Waals surface area contributed by atoms with Gasteiger partial charge in [-0.3, -0.25) is 14.6 Å². The van der Waals surface area contributed by atoms with E-state index >= 15 is 0 Å². The van der Waals surface area contributed by atoms with E-state index in [0.29, 0.717) is 37.8 Å². The molecule has 1 aliphatic carbocycles. The molecule has 3 aliphatic rings. The Hall–Kier alpha value is -3.55. The zero-order valence-corrected chi connectivity index (χ0v) is 16.5. The van der Waals surface area contributed by atoms with Gasteiger partial charge in [0.25, 0.3) is 11.5 Å². The van der Waals surface area contributed by atoms with Crippen LogP contribution >= 0.6 is 0 Å². The Bertz CT molecular complexity index is 1140. The summed E-state index contributed by atoms with van der Waals surface area (Å²) in [5.41, 5.74) is 2.54. The molecule has 8 heteroatoms. The largest absolute Gasteiger partial charge is 0.339 e. The summed E-state index contributed by atoms with van der Waals surface area (Å²) >= 11 is 0.